The molecule has 0 fully saturated rings. The van der Waals surface area contributed by atoms with Crippen LogP contribution in [0.1, 0.15) is 37.0 Å². The monoisotopic (exact) mass is 665 g/mol. The van der Waals surface area contributed by atoms with Crippen molar-refractivity contribution >= 4 is 50.7 Å². The van der Waals surface area contributed by atoms with Gasteiger partial charge in [0, 0.05) is 29.1 Å². The van der Waals surface area contributed by atoms with Crippen molar-refractivity contribution in [3.8, 4) is 0 Å². The number of carbonyl (C=O) groups is 2. The number of sulfonamides is 1. The van der Waals surface area contributed by atoms with Crippen molar-refractivity contribution in [1.29, 1.82) is 0 Å². The zero-order valence-electron chi connectivity index (χ0n) is 25.5. The van der Waals surface area contributed by atoms with Gasteiger partial charge in [-0.05, 0) is 73.9 Å². The number of nitrogens with one attached hydrogen (secondary N) is 1. The smallest absolute Gasteiger partial charge is 0.264 e. The summed E-state index contributed by atoms with van der Waals surface area (Å²) < 4.78 is 29.3. The molecule has 0 aliphatic rings. The van der Waals surface area contributed by atoms with E-state index in [4.69, 9.17) is 23.2 Å². The van der Waals surface area contributed by atoms with Gasteiger partial charge in [0.2, 0.25) is 11.8 Å². The first kappa shape index (κ1) is 34.0. The molecule has 0 bridgehead atoms. The van der Waals surface area contributed by atoms with Gasteiger partial charge in [0.05, 0.1) is 10.6 Å². The van der Waals surface area contributed by atoms with Crippen LogP contribution in [0.4, 0.5) is 5.69 Å². The van der Waals surface area contributed by atoms with E-state index in [0.717, 1.165) is 21.0 Å². The summed E-state index contributed by atoms with van der Waals surface area (Å²) in [5, 5.41) is 3.88. The molecular weight excluding hydrogens is 629 g/mol. The van der Waals surface area contributed by atoms with Crippen LogP contribution < -0.4 is 9.62 Å². The van der Waals surface area contributed by atoms with Crippen molar-refractivity contribution in [2.45, 2.75) is 57.1 Å². The molecule has 1 N–H and O–H groups in total. The van der Waals surface area contributed by atoms with Gasteiger partial charge in [-0.15, -0.1) is 0 Å². The lowest BCUT2D eigenvalue weighted by molar-refractivity contribution is -0.140. The van der Waals surface area contributed by atoms with Crippen molar-refractivity contribution in [2.75, 3.05) is 10.8 Å². The molecule has 4 aromatic rings. The molecule has 0 radical (unpaired) electrons. The lowest BCUT2D eigenvalue weighted by Crippen LogP contribution is -2.54. The quantitative estimate of drug-likeness (QED) is 0.166. The van der Waals surface area contributed by atoms with Crippen molar-refractivity contribution in [3.63, 3.8) is 0 Å². The molecule has 10 heteroatoms. The van der Waals surface area contributed by atoms with E-state index in [0.29, 0.717) is 16.5 Å². The van der Waals surface area contributed by atoms with Crippen molar-refractivity contribution in [1.82, 2.24) is 10.2 Å². The standard InChI is InChI=1S/C35H37Cl2N3O4S/c1-4-26(3)38-35(42)33(21-27-9-6-5-7-10-27)39(23-28-15-17-29(36)18-16-28)34(41)24-40(31-12-8-11-30(37)22-31)45(43,44)32-19-13-25(2)14-20-32/h5-20,22,26,33H,4,21,23-24H2,1-3H3,(H,38,42)/t26-,33-/m1/s1. The van der Waals surface area contributed by atoms with E-state index in [1.54, 1.807) is 54.6 Å². The minimum absolute atomic E-state index is 0.0282. The second-order valence-corrected chi connectivity index (χ2v) is 13.7. The molecule has 0 spiro atoms. The van der Waals surface area contributed by atoms with E-state index in [1.165, 1.54) is 23.1 Å². The molecule has 0 saturated carbocycles. The van der Waals surface area contributed by atoms with E-state index < -0.39 is 28.5 Å². The molecule has 0 heterocycles. The Hall–Kier alpha value is -3.85. The number of benzene rings is 4. The lowest BCUT2D eigenvalue weighted by Gasteiger charge is -2.34. The molecule has 0 unspecified atom stereocenters. The predicted molar refractivity (Wildman–Crippen MR) is 181 cm³/mol. The zero-order chi connectivity index (χ0) is 32.6. The van der Waals surface area contributed by atoms with E-state index >= 15 is 0 Å². The van der Waals surface area contributed by atoms with Gasteiger partial charge in [0.1, 0.15) is 12.6 Å². The van der Waals surface area contributed by atoms with E-state index in [-0.39, 0.29) is 35.5 Å². The molecule has 2 atom stereocenters. The van der Waals surface area contributed by atoms with Crippen LogP contribution in [0.3, 0.4) is 0 Å². The first-order valence-electron chi connectivity index (χ1n) is 14.7. The minimum Gasteiger partial charge on any atom is -0.352 e. The van der Waals surface area contributed by atoms with Crippen LogP contribution in [0.2, 0.25) is 10.0 Å². The maximum Gasteiger partial charge on any atom is 0.264 e. The Morgan fingerprint density at radius 1 is 0.822 bits per heavy atom. The fraction of sp³-hybridized carbons (Fsp3) is 0.257. The normalized spacial score (nSPS) is 12.6. The third-order valence-electron chi connectivity index (χ3n) is 7.52. The number of carbonyl (C=O) groups excluding carboxylic acids is 2. The van der Waals surface area contributed by atoms with Gasteiger partial charge in [0.25, 0.3) is 10.0 Å². The van der Waals surface area contributed by atoms with Gasteiger partial charge in [-0.1, -0.05) is 96.4 Å². The molecule has 7 nitrogen and oxygen atoms in total. The third kappa shape index (κ3) is 9.10. The summed E-state index contributed by atoms with van der Waals surface area (Å²) >= 11 is 12.4. The number of amides is 2. The highest BCUT2D eigenvalue weighted by Crippen LogP contribution is 2.27. The van der Waals surface area contributed by atoms with Crippen molar-refractivity contribution in [3.05, 3.63) is 130 Å². The molecule has 4 rings (SSSR count). The van der Waals surface area contributed by atoms with Gasteiger partial charge < -0.3 is 10.2 Å². The fourth-order valence-electron chi connectivity index (χ4n) is 4.78. The topological polar surface area (TPSA) is 86.8 Å². The average Bonchev–Trinajstić information content (AvgIpc) is 3.02. The summed E-state index contributed by atoms with van der Waals surface area (Å²) in [6.07, 6.45) is 0.927. The van der Waals surface area contributed by atoms with E-state index in [2.05, 4.69) is 5.32 Å². The number of halogens is 2. The largest absolute Gasteiger partial charge is 0.352 e. The van der Waals surface area contributed by atoms with Crippen LogP contribution in [-0.2, 0) is 32.6 Å². The lowest BCUT2D eigenvalue weighted by atomic mass is 10.0. The highest BCUT2D eigenvalue weighted by Gasteiger charge is 2.35. The minimum atomic E-state index is -4.21. The van der Waals surface area contributed by atoms with Gasteiger partial charge in [-0.25, -0.2) is 8.42 Å². The van der Waals surface area contributed by atoms with Crippen LogP contribution in [0.25, 0.3) is 0 Å². The molecular formula is C35H37Cl2N3O4S. The molecule has 236 valence electrons. The Balaban J connectivity index is 1.80. The Kier molecular flexibility index (Phi) is 11.7. The van der Waals surface area contributed by atoms with Crippen LogP contribution >= 0.6 is 23.2 Å². The highest BCUT2D eigenvalue weighted by atomic mass is 35.5. The van der Waals surface area contributed by atoms with Crippen LogP contribution in [0, 0.1) is 6.92 Å². The first-order chi connectivity index (χ1) is 21.5. The number of hydrogen-bond donors (Lipinski definition) is 1. The van der Waals surface area contributed by atoms with Gasteiger partial charge >= 0.3 is 0 Å². The summed E-state index contributed by atoms with van der Waals surface area (Å²) in [5.41, 5.74) is 2.71. The van der Waals surface area contributed by atoms with E-state index in [9.17, 15) is 18.0 Å². The number of rotatable bonds is 13. The summed E-state index contributed by atoms with van der Waals surface area (Å²) in [7, 11) is -4.21. The second-order valence-electron chi connectivity index (χ2n) is 11.0. The molecule has 2 amide bonds. The summed E-state index contributed by atoms with van der Waals surface area (Å²) in [6, 6.07) is 28.1. The highest BCUT2D eigenvalue weighted by molar-refractivity contribution is 7.92. The van der Waals surface area contributed by atoms with E-state index in [1.807, 2.05) is 51.1 Å². The SMILES string of the molecule is CC[C@@H](C)NC(=O)[C@@H](Cc1ccccc1)N(Cc1ccc(Cl)cc1)C(=O)CN(c1cccc(Cl)c1)S(=O)(=O)c1ccc(C)cc1. The Morgan fingerprint density at radius 3 is 2.11 bits per heavy atom. The Bertz CT molecular complexity index is 1700. The van der Waals surface area contributed by atoms with Gasteiger partial charge in [-0.3, -0.25) is 13.9 Å². The number of hydrogen-bond acceptors (Lipinski definition) is 4. The number of aryl methyl sites for hydroxylation is 1. The van der Waals surface area contributed by atoms with Crippen molar-refractivity contribution in [2.24, 2.45) is 0 Å². The molecule has 0 aromatic heterocycles. The third-order valence-corrected chi connectivity index (χ3v) is 9.80. The average molecular weight is 667 g/mol. The second kappa shape index (κ2) is 15.4. The number of nitrogens with zero attached hydrogens (tertiary/aromatic N) is 2. The van der Waals surface area contributed by atoms with Crippen LogP contribution in [0.15, 0.2) is 108 Å². The van der Waals surface area contributed by atoms with Crippen LogP contribution in [-0.4, -0.2) is 43.8 Å². The Labute approximate surface area is 275 Å². The maximum absolute atomic E-state index is 14.5. The molecule has 0 saturated heterocycles. The number of anilines is 1. The first-order valence-corrected chi connectivity index (χ1v) is 16.9. The molecule has 0 aliphatic carbocycles. The Morgan fingerprint density at radius 2 is 1.49 bits per heavy atom. The van der Waals surface area contributed by atoms with Gasteiger partial charge in [0.15, 0.2) is 0 Å². The molecule has 4 aromatic carbocycles. The fourth-order valence-corrected chi connectivity index (χ4v) is 6.50. The predicted octanol–water partition coefficient (Wildman–Crippen LogP) is 7.05. The molecule has 45 heavy (non-hydrogen) atoms. The summed E-state index contributed by atoms with van der Waals surface area (Å²) in [6.45, 7) is 5.21. The van der Waals surface area contributed by atoms with Gasteiger partial charge in [-0.2, -0.15) is 0 Å². The van der Waals surface area contributed by atoms with Crippen LogP contribution in [0.5, 0.6) is 0 Å². The zero-order valence-corrected chi connectivity index (χ0v) is 27.8. The summed E-state index contributed by atoms with van der Waals surface area (Å²) in [5.74, 6) is -0.882. The molecule has 0 aliphatic heterocycles. The maximum atomic E-state index is 14.5. The van der Waals surface area contributed by atoms with Crippen molar-refractivity contribution < 1.29 is 18.0 Å². The summed E-state index contributed by atoms with van der Waals surface area (Å²) in [4.78, 5) is 29.9.